The Bertz CT molecular complexity index is 1170. The number of anilines is 1. The van der Waals surface area contributed by atoms with Gasteiger partial charge in [-0.15, -0.1) is 11.3 Å². The van der Waals surface area contributed by atoms with Crippen LogP contribution in [0.3, 0.4) is 0 Å². The third kappa shape index (κ3) is 4.65. The van der Waals surface area contributed by atoms with Crippen LogP contribution in [0.15, 0.2) is 51.9 Å². The zero-order chi connectivity index (χ0) is 22.9. The number of nitro groups is 1. The van der Waals surface area contributed by atoms with Crippen LogP contribution in [-0.2, 0) is 12.8 Å². The average molecular weight is 452 g/mol. The van der Waals surface area contributed by atoms with Crippen molar-refractivity contribution < 1.29 is 14.1 Å². The summed E-state index contributed by atoms with van der Waals surface area (Å²) in [7, 11) is 0. The number of fused-ring (bicyclic) bond motifs is 1. The Morgan fingerprint density at radius 3 is 2.66 bits per heavy atom. The van der Waals surface area contributed by atoms with Gasteiger partial charge in [0.1, 0.15) is 9.92 Å². The largest absolute Gasteiger partial charge is 0.433 e. The summed E-state index contributed by atoms with van der Waals surface area (Å²) in [5.41, 5.74) is 2.54. The first-order valence-corrected chi connectivity index (χ1v) is 11.3. The smallest absolute Gasteiger partial charge is 0.400 e. The van der Waals surface area contributed by atoms with Crippen molar-refractivity contribution in [2.75, 3.05) is 5.32 Å². The molecule has 1 N–H and O–H groups in total. The van der Waals surface area contributed by atoms with Gasteiger partial charge in [-0.25, -0.2) is 4.99 Å². The van der Waals surface area contributed by atoms with Gasteiger partial charge in [0.25, 0.3) is 5.91 Å². The maximum Gasteiger partial charge on any atom is 0.433 e. The first kappa shape index (κ1) is 22.0. The predicted molar refractivity (Wildman–Crippen MR) is 126 cm³/mol. The molecular formula is C24H25N3O4S. The molecule has 8 heteroatoms. The van der Waals surface area contributed by atoms with Crippen molar-refractivity contribution in [3.05, 3.63) is 74.3 Å². The second kappa shape index (κ2) is 8.70. The van der Waals surface area contributed by atoms with E-state index in [-0.39, 0.29) is 23.0 Å². The number of hydrogen-bond acceptors (Lipinski definition) is 6. The van der Waals surface area contributed by atoms with Gasteiger partial charge in [-0.3, -0.25) is 14.9 Å². The van der Waals surface area contributed by atoms with Crippen LogP contribution in [0, 0.1) is 21.4 Å². The Morgan fingerprint density at radius 1 is 1.25 bits per heavy atom. The second-order valence-electron chi connectivity index (χ2n) is 9.00. The Hall–Kier alpha value is -3.26. The molecule has 0 radical (unpaired) electrons. The molecule has 0 fully saturated rings. The van der Waals surface area contributed by atoms with Gasteiger partial charge < -0.3 is 9.73 Å². The SMILES string of the molecule is CC(C)(C)[C@@H]1CCc2c(sc(N=Cc3ccc([N+](=O)[O-])o3)c2C(=O)Nc2ccccc2)C1. The third-order valence-corrected chi connectivity index (χ3v) is 6.99. The van der Waals surface area contributed by atoms with Crippen molar-refractivity contribution in [1.82, 2.24) is 0 Å². The molecule has 166 valence electrons. The maximum atomic E-state index is 13.3. The van der Waals surface area contributed by atoms with Gasteiger partial charge in [-0.2, -0.15) is 0 Å². The third-order valence-electron chi connectivity index (χ3n) is 5.83. The zero-order valence-electron chi connectivity index (χ0n) is 18.3. The summed E-state index contributed by atoms with van der Waals surface area (Å²) in [5.74, 6) is 0.265. The fraction of sp³-hybridized carbons (Fsp3) is 0.333. The van der Waals surface area contributed by atoms with E-state index in [1.807, 2.05) is 30.3 Å². The number of benzene rings is 1. The fourth-order valence-corrected chi connectivity index (χ4v) is 5.25. The number of hydrogen-bond donors (Lipinski definition) is 1. The Kier molecular flexibility index (Phi) is 5.97. The Balaban J connectivity index is 1.69. The Labute approximate surface area is 190 Å². The zero-order valence-corrected chi connectivity index (χ0v) is 19.1. The molecule has 0 spiro atoms. The lowest BCUT2D eigenvalue weighted by Gasteiger charge is -2.33. The van der Waals surface area contributed by atoms with Gasteiger partial charge in [0.05, 0.1) is 17.8 Å². The number of carbonyl (C=O) groups is 1. The summed E-state index contributed by atoms with van der Waals surface area (Å²) in [6.07, 6.45) is 4.20. The van der Waals surface area contributed by atoms with E-state index < -0.39 is 4.92 Å². The van der Waals surface area contributed by atoms with E-state index in [2.05, 4.69) is 31.1 Å². The summed E-state index contributed by atoms with van der Waals surface area (Å²) in [4.78, 5) is 29.2. The van der Waals surface area contributed by atoms with Crippen molar-refractivity contribution in [3.63, 3.8) is 0 Å². The molecular weight excluding hydrogens is 426 g/mol. The lowest BCUT2D eigenvalue weighted by atomic mass is 9.72. The van der Waals surface area contributed by atoms with Crippen LogP contribution in [0.2, 0.25) is 0 Å². The molecule has 2 heterocycles. The molecule has 7 nitrogen and oxygen atoms in total. The summed E-state index contributed by atoms with van der Waals surface area (Å²) < 4.78 is 5.18. The molecule has 1 aliphatic carbocycles. The second-order valence-corrected chi connectivity index (χ2v) is 10.1. The first-order chi connectivity index (χ1) is 15.2. The molecule has 0 saturated heterocycles. The number of thiophene rings is 1. The standard InChI is InChI=1S/C24H25N3O4S/c1-24(2,3)15-9-11-18-19(13-15)32-23(25-14-17-10-12-20(31-17)27(29)30)21(18)22(28)26-16-7-5-4-6-8-16/h4-8,10,12,14-15H,9,11,13H2,1-3H3,(H,26,28)/t15-/m1/s1. The van der Waals surface area contributed by atoms with Crippen LogP contribution in [0.1, 0.15) is 53.8 Å². The normalized spacial score (nSPS) is 16.2. The van der Waals surface area contributed by atoms with E-state index in [0.29, 0.717) is 16.5 Å². The molecule has 3 aromatic rings. The topological polar surface area (TPSA) is 97.7 Å². The lowest BCUT2D eigenvalue weighted by Crippen LogP contribution is -2.27. The Morgan fingerprint density at radius 2 is 2.00 bits per heavy atom. The van der Waals surface area contributed by atoms with E-state index >= 15 is 0 Å². The van der Waals surface area contributed by atoms with Crippen molar-refractivity contribution >= 4 is 40.0 Å². The van der Waals surface area contributed by atoms with Crippen molar-refractivity contribution in [3.8, 4) is 0 Å². The van der Waals surface area contributed by atoms with Gasteiger partial charge in [-0.1, -0.05) is 39.0 Å². The number of rotatable bonds is 5. The molecule has 0 saturated carbocycles. The van der Waals surface area contributed by atoms with Crippen LogP contribution in [-0.4, -0.2) is 17.0 Å². The first-order valence-electron chi connectivity index (χ1n) is 10.5. The number of nitrogens with one attached hydrogen (secondary N) is 1. The minimum atomic E-state index is -0.591. The molecule has 0 unspecified atom stereocenters. The highest BCUT2D eigenvalue weighted by atomic mass is 32.1. The number of para-hydroxylation sites is 1. The maximum absolute atomic E-state index is 13.3. The lowest BCUT2D eigenvalue weighted by molar-refractivity contribution is -0.402. The predicted octanol–water partition coefficient (Wildman–Crippen LogP) is 6.40. The highest BCUT2D eigenvalue weighted by molar-refractivity contribution is 7.16. The summed E-state index contributed by atoms with van der Waals surface area (Å²) >= 11 is 1.52. The summed E-state index contributed by atoms with van der Waals surface area (Å²) in [5, 5.41) is 14.4. The molecule has 2 aromatic heterocycles. The van der Waals surface area contributed by atoms with Crippen LogP contribution in [0.25, 0.3) is 0 Å². The molecule has 0 bridgehead atoms. The quantitative estimate of drug-likeness (QED) is 0.275. The minimum Gasteiger partial charge on any atom is -0.400 e. The molecule has 32 heavy (non-hydrogen) atoms. The number of furan rings is 1. The number of carbonyl (C=O) groups excluding carboxylic acids is 1. The number of nitrogens with zero attached hydrogens (tertiary/aromatic N) is 2. The fourth-order valence-electron chi connectivity index (χ4n) is 3.98. The molecule has 1 atom stereocenters. The van der Waals surface area contributed by atoms with Gasteiger partial charge in [-0.05, 0) is 54.4 Å². The number of amides is 1. The minimum absolute atomic E-state index is 0.185. The van der Waals surface area contributed by atoms with Crippen LogP contribution >= 0.6 is 11.3 Å². The molecule has 0 aliphatic heterocycles. The van der Waals surface area contributed by atoms with Crippen LogP contribution < -0.4 is 5.32 Å². The number of aliphatic imine (C=N–C) groups is 1. The van der Waals surface area contributed by atoms with Crippen molar-refractivity contribution in [2.24, 2.45) is 16.3 Å². The average Bonchev–Trinajstić information content (AvgIpc) is 3.36. The monoisotopic (exact) mass is 451 g/mol. The molecule has 4 rings (SSSR count). The summed E-state index contributed by atoms with van der Waals surface area (Å²) in [6.45, 7) is 6.76. The molecule has 1 aliphatic rings. The van der Waals surface area contributed by atoms with E-state index in [1.165, 1.54) is 34.6 Å². The molecule has 1 amide bonds. The van der Waals surface area contributed by atoms with E-state index in [4.69, 9.17) is 4.42 Å². The van der Waals surface area contributed by atoms with Gasteiger partial charge >= 0.3 is 5.88 Å². The van der Waals surface area contributed by atoms with Gasteiger partial charge in [0.2, 0.25) is 0 Å². The van der Waals surface area contributed by atoms with E-state index in [9.17, 15) is 14.9 Å². The summed E-state index contributed by atoms with van der Waals surface area (Å²) in [6, 6.07) is 12.1. The van der Waals surface area contributed by atoms with Crippen LogP contribution in [0.4, 0.5) is 16.6 Å². The van der Waals surface area contributed by atoms with Crippen LogP contribution in [0.5, 0.6) is 0 Å². The van der Waals surface area contributed by atoms with Gasteiger partial charge in [0, 0.05) is 10.6 Å². The highest BCUT2D eigenvalue weighted by Gasteiger charge is 2.33. The molecule has 1 aromatic carbocycles. The highest BCUT2D eigenvalue weighted by Crippen LogP contribution is 2.45. The van der Waals surface area contributed by atoms with Gasteiger partial charge in [0.15, 0.2) is 5.76 Å². The van der Waals surface area contributed by atoms with Crippen molar-refractivity contribution in [2.45, 2.75) is 40.0 Å². The van der Waals surface area contributed by atoms with E-state index in [1.54, 1.807) is 0 Å². The van der Waals surface area contributed by atoms with E-state index in [0.717, 1.165) is 30.5 Å². The van der Waals surface area contributed by atoms with Crippen molar-refractivity contribution in [1.29, 1.82) is 0 Å².